The molecule has 0 aliphatic rings. The first-order chi connectivity index (χ1) is 8.62. The normalized spacial score (nSPS) is 9.78. The molecule has 0 aromatic heterocycles. The van der Waals surface area contributed by atoms with Crippen LogP contribution in [0.5, 0.6) is 11.5 Å². The van der Waals surface area contributed by atoms with Crippen molar-refractivity contribution in [2.24, 2.45) is 0 Å². The summed E-state index contributed by atoms with van der Waals surface area (Å²) in [4.78, 5) is 10.9. The highest BCUT2D eigenvalue weighted by Gasteiger charge is 2.08. The van der Waals surface area contributed by atoms with Gasteiger partial charge >= 0.3 is 6.09 Å². The molecule has 0 spiro atoms. The highest BCUT2D eigenvalue weighted by Crippen LogP contribution is 2.30. The summed E-state index contributed by atoms with van der Waals surface area (Å²) in [6.07, 6.45) is 0.287. The Balaban J connectivity index is 2.73. The number of methoxy groups -OCH3 is 3. The summed E-state index contributed by atoms with van der Waals surface area (Å²) in [5.74, 6) is 1.40. The van der Waals surface area contributed by atoms with Crippen LogP contribution in [0, 0.1) is 6.92 Å². The fourth-order valence-electron chi connectivity index (χ4n) is 1.66. The lowest BCUT2D eigenvalue weighted by molar-refractivity contribution is 0.171. The molecule has 0 bridgehead atoms. The SMILES string of the molecule is COC(=O)NCCc1cc(OC)c(OC)cc1C. The summed E-state index contributed by atoms with van der Waals surface area (Å²) in [6, 6.07) is 3.85. The predicted octanol–water partition coefficient (Wildman–Crippen LogP) is 1.91. The summed E-state index contributed by atoms with van der Waals surface area (Å²) in [7, 11) is 4.55. The molecular weight excluding hydrogens is 234 g/mol. The van der Waals surface area contributed by atoms with Gasteiger partial charge in [0.25, 0.3) is 0 Å². The van der Waals surface area contributed by atoms with Gasteiger partial charge in [-0.2, -0.15) is 0 Å². The van der Waals surface area contributed by atoms with Gasteiger partial charge in [0.2, 0.25) is 0 Å². The average Bonchev–Trinajstić information content (AvgIpc) is 2.39. The van der Waals surface area contributed by atoms with Gasteiger partial charge in [0.1, 0.15) is 0 Å². The molecule has 0 aliphatic carbocycles. The standard InChI is InChI=1S/C13H19NO4/c1-9-7-11(16-2)12(17-3)8-10(9)5-6-14-13(15)18-4/h7-8H,5-6H2,1-4H3,(H,14,15). The molecule has 1 aromatic carbocycles. The van der Waals surface area contributed by atoms with Crippen LogP contribution < -0.4 is 14.8 Å². The zero-order valence-electron chi connectivity index (χ0n) is 11.2. The van der Waals surface area contributed by atoms with Gasteiger partial charge < -0.3 is 19.5 Å². The minimum Gasteiger partial charge on any atom is -0.493 e. The lowest BCUT2D eigenvalue weighted by Crippen LogP contribution is -2.25. The van der Waals surface area contributed by atoms with Gasteiger partial charge in [0, 0.05) is 6.54 Å². The van der Waals surface area contributed by atoms with Crippen LogP contribution in [0.15, 0.2) is 12.1 Å². The summed E-state index contributed by atoms with van der Waals surface area (Å²) in [5, 5.41) is 2.64. The number of carbonyl (C=O) groups is 1. The summed E-state index contributed by atoms with van der Waals surface area (Å²) >= 11 is 0. The van der Waals surface area contributed by atoms with Crippen LogP contribution in [0.3, 0.4) is 0 Å². The zero-order chi connectivity index (χ0) is 13.5. The molecule has 0 saturated heterocycles. The lowest BCUT2D eigenvalue weighted by atomic mass is 10.0. The van der Waals surface area contributed by atoms with Crippen LogP contribution in [-0.4, -0.2) is 34.0 Å². The van der Waals surface area contributed by atoms with E-state index in [0.29, 0.717) is 24.5 Å². The molecule has 1 rings (SSSR count). The third-order valence-electron chi connectivity index (χ3n) is 2.69. The van der Waals surface area contributed by atoms with Crippen molar-refractivity contribution in [3.8, 4) is 11.5 Å². The largest absolute Gasteiger partial charge is 0.493 e. The van der Waals surface area contributed by atoms with Crippen molar-refractivity contribution in [2.45, 2.75) is 13.3 Å². The fourth-order valence-corrected chi connectivity index (χ4v) is 1.66. The van der Waals surface area contributed by atoms with E-state index < -0.39 is 6.09 Å². The number of alkyl carbamates (subject to hydrolysis) is 1. The van der Waals surface area contributed by atoms with Gasteiger partial charge in [-0.05, 0) is 36.6 Å². The third-order valence-corrected chi connectivity index (χ3v) is 2.69. The van der Waals surface area contributed by atoms with Gasteiger partial charge in [-0.15, -0.1) is 0 Å². The van der Waals surface area contributed by atoms with E-state index in [1.165, 1.54) is 7.11 Å². The second kappa shape index (κ2) is 6.74. The van der Waals surface area contributed by atoms with E-state index in [9.17, 15) is 4.79 Å². The van der Waals surface area contributed by atoms with E-state index in [-0.39, 0.29) is 0 Å². The van der Waals surface area contributed by atoms with E-state index in [0.717, 1.165) is 11.1 Å². The maximum atomic E-state index is 10.9. The van der Waals surface area contributed by atoms with Crippen molar-refractivity contribution in [3.63, 3.8) is 0 Å². The first-order valence-electron chi connectivity index (χ1n) is 5.65. The number of hydrogen-bond donors (Lipinski definition) is 1. The van der Waals surface area contributed by atoms with E-state index in [2.05, 4.69) is 10.1 Å². The predicted molar refractivity (Wildman–Crippen MR) is 68.4 cm³/mol. The fraction of sp³-hybridized carbons (Fsp3) is 0.462. The molecule has 0 saturated carbocycles. The van der Waals surface area contributed by atoms with Crippen LogP contribution in [0.1, 0.15) is 11.1 Å². The van der Waals surface area contributed by atoms with Crippen molar-refractivity contribution < 1.29 is 19.0 Å². The molecule has 0 atom stereocenters. The Morgan fingerprint density at radius 3 is 2.33 bits per heavy atom. The number of hydrogen-bond acceptors (Lipinski definition) is 4. The minimum absolute atomic E-state index is 0.423. The quantitative estimate of drug-likeness (QED) is 0.871. The van der Waals surface area contributed by atoms with Crippen LogP contribution >= 0.6 is 0 Å². The highest BCUT2D eigenvalue weighted by atomic mass is 16.5. The van der Waals surface area contributed by atoms with Gasteiger partial charge in [-0.25, -0.2) is 4.79 Å². The Labute approximate surface area is 107 Å². The third kappa shape index (κ3) is 3.55. The molecule has 0 aliphatic heterocycles. The van der Waals surface area contributed by atoms with Crippen LogP contribution in [0.2, 0.25) is 0 Å². The van der Waals surface area contributed by atoms with Gasteiger partial charge in [-0.3, -0.25) is 0 Å². The van der Waals surface area contributed by atoms with Crippen LogP contribution in [0.4, 0.5) is 4.79 Å². The Bertz CT molecular complexity index is 418. The van der Waals surface area contributed by atoms with Crippen molar-refractivity contribution in [2.75, 3.05) is 27.9 Å². The lowest BCUT2D eigenvalue weighted by Gasteiger charge is -2.12. The number of ether oxygens (including phenoxy) is 3. The van der Waals surface area contributed by atoms with E-state index in [1.54, 1.807) is 14.2 Å². The van der Waals surface area contributed by atoms with E-state index in [4.69, 9.17) is 9.47 Å². The molecule has 0 heterocycles. The van der Waals surface area contributed by atoms with Crippen molar-refractivity contribution in [1.29, 1.82) is 0 Å². The molecule has 1 amide bonds. The number of nitrogens with one attached hydrogen (secondary N) is 1. The Kier molecular flexibility index (Phi) is 5.30. The second-order valence-corrected chi connectivity index (χ2v) is 3.80. The first-order valence-corrected chi connectivity index (χ1v) is 5.65. The van der Waals surface area contributed by atoms with Crippen molar-refractivity contribution in [3.05, 3.63) is 23.3 Å². The van der Waals surface area contributed by atoms with Crippen LogP contribution in [0.25, 0.3) is 0 Å². The summed E-state index contributed by atoms with van der Waals surface area (Å²) in [5.41, 5.74) is 2.20. The Morgan fingerprint density at radius 2 is 1.78 bits per heavy atom. The Morgan fingerprint density at radius 1 is 1.17 bits per heavy atom. The summed E-state index contributed by atoms with van der Waals surface area (Å²) < 4.78 is 15.0. The molecular formula is C13H19NO4. The topological polar surface area (TPSA) is 56.8 Å². The monoisotopic (exact) mass is 253 g/mol. The van der Waals surface area contributed by atoms with Crippen LogP contribution in [-0.2, 0) is 11.2 Å². The minimum atomic E-state index is -0.423. The molecule has 0 radical (unpaired) electrons. The molecule has 5 nitrogen and oxygen atoms in total. The smallest absolute Gasteiger partial charge is 0.406 e. The number of aryl methyl sites for hydroxylation is 1. The average molecular weight is 253 g/mol. The Hall–Kier alpha value is -1.91. The highest BCUT2D eigenvalue weighted by molar-refractivity contribution is 5.66. The molecule has 5 heteroatoms. The van der Waals surface area contributed by atoms with Gasteiger partial charge in [0.05, 0.1) is 21.3 Å². The molecule has 100 valence electrons. The van der Waals surface area contributed by atoms with E-state index >= 15 is 0 Å². The first kappa shape index (κ1) is 14.2. The molecule has 0 fully saturated rings. The van der Waals surface area contributed by atoms with Crippen molar-refractivity contribution >= 4 is 6.09 Å². The number of amides is 1. The molecule has 0 unspecified atom stereocenters. The van der Waals surface area contributed by atoms with Gasteiger partial charge in [0.15, 0.2) is 11.5 Å². The molecule has 1 aromatic rings. The number of rotatable bonds is 5. The second-order valence-electron chi connectivity index (χ2n) is 3.80. The zero-order valence-corrected chi connectivity index (χ0v) is 11.2. The number of carbonyl (C=O) groups excluding carboxylic acids is 1. The van der Waals surface area contributed by atoms with Gasteiger partial charge in [-0.1, -0.05) is 0 Å². The maximum Gasteiger partial charge on any atom is 0.406 e. The maximum absolute atomic E-state index is 10.9. The summed E-state index contributed by atoms with van der Waals surface area (Å²) in [6.45, 7) is 2.51. The molecule has 18 heavy (non-hydrogen) atoms. The van der Waals surface area contributed by atoms with Crippen molar-refractivity contribution in [1.82, 2.24) is 5.32 Å². The number of benzene rings is 1. The van der Waals surface area contributed by atoms with E-state index in [1.807, 2.05) is 19.1 Å². The molecule has 1 N–H and O–H groups in total.